The van der Waals surface area contributed by atoms with E-state index < -0.39 is 4.92 Å². The lowest BCUT2D eigenvalue weighted by Crippen LogP contribution is -2.16. The molecule has 0 saturated carbocycles. The Morgan fingerprint density at radius 3 is 2.95 bits per heavy atom. The molecule has 98 valence electrons. The minimum absolute atomic E-state index is 0.0658. The molecule has 1 aliphatic rings. The molecule has 6 nitrogen and oxygen atoms in total. The Labute approximate surface area is 110 Å². The van der Waals surface area contributed by atoms with E-state index in [1.54, 1.807) is 6.07 Å². The van der Waals surface area contributed by atoms with Crippen LogP contribution in [0.25, 0.3) is 0 Å². The first-order chi connectivity index (χ1) is 9.05. The van der Waals surface area contributed by atoms with Crippen LogP contribution in [0.5, 0.6) is 0 Å². The van der Waals surface area contributed by atoms with Crippen LogP contribution < -0.4 is 10.6 Å². The molecule has 0 spiro atoms. The third-order valence-electron chi connectivity index (χ3n) is 2.98. The number of amides is 1. The highest BCUT2D eigenvalue weighted by Crippen LogP contribution is 2.34. The van der Waals surface area contributed by atoms with E-state index in [4.69, 9.17) is 6.42 Å². The fourth-order valence-electron chi connectivity index (χ4n) is 1.98. The molecule has 6 heteroatoms. The summed E-state index contributed by atoms with van der Waals surface area (Å²) >= 11 is 0. The SMILES string of the molecule is C#CC(CC)Nc1cc2c(cc1[N+](=O)[O-])CC(=O)N2. The van der Waals surface area contributed by atoms with Gasteiger partial charge in [-0.1, -0.05) is 12.8 Å². The van der Waals surface area contributed by atoms with Crippen molar-refractivity contribution >= 4 is 23.0 Å². The van der Waals surface area contributed by atoms with Gasteiger partial charge >= 0.3 is 0 Å². The fourth-order valence-corrected chi connectivity index (χ4v) is 1.98. The van der Waals surface area contributed by atoms with Crippen molar-refractivity contribution < 1.29 is 9.72 Å². The van der Waals surface area contributed by atoms with Gasteiger partial charge in [-0.05, 0) is 18.1 Å². The van der Waals surface area contributed by atoms with Crippen molar-refractivity contribution in [2.75, 3.05) is 10.6 Å². The molecule has 19 heavy (non-hydrogen) atoms. The van der Waals surface area contributed by atoms with Gasteiger partial charge in [0.2, 0.25) is 5.91 Å². The number of hydrogen-bond acceptors (Lipinski definition) is 4. The van der Waals surface area contributed by atoms with E-state index in [9.17, 15) is 14.9 Å². The molecule has 1 heterocycles. The van der Waals surface area contributed by atoms with E-state index >= 15 is 0 Å². The van der Waals surface area contributed by atoms with Crippen molar-refractivity contribution in [2.45, 2.75) is 25.8 Å². The largest absolute Gasteiger partial charge is 0.366 e. The van der Waals surface area contributed by atoms with Crippen molar-refractivity contribution in [3.05, 3.63) is 27.8 Å². The van der Waals surface area contributed by atoms with Gasteiger partial charge in [-0.15, -0.1) is 6.42 Å². The summed E-state index contributed by atoms with van der Waals surface area (Å²) in [6, 6.07) is 2.70. The van der Waals surface area contributed by atoms with Crippen molar-refractivity contribution in [2.24, 2.45) is 0 Å². The first-order valence-corrected chi connectivity index (χ1v) is 5.89. The number of benzene rings is 1. The maximum Gasteiger partial charge on any atom is 0.292 e. The number of hydrogen-bond donors (Lipinski definition) is 2. The highest BCUT2D eigenvalue weighted by molar-refractivity contribution is 6.00. The van der Waals surface area contributed by atoms with Gasteiger partial charge < -0.3 is 10.6 Å². The third kappa shape index (κ3) is 2.50. The van der Waals surface area contributed by atoms with E-state index in [1.807, 2.05) is 6.92 Å². The monoisotopic (exact) mass is 259 g/mol. The van der Waals surface area contributed by atoms with E-state index in [1.165, 1.54) is 6.07 Å². The molecule has 1 amide bonds. The van der Waals surface area contributed by atoms with Gasteiger partial charge in [-0.25, -0.2) is 0 Å². The Hall–Kier alpha value is -2.55. The Morgan fingerprint density at radius 1 is 1.63 bits per heavy atom. The quantitative estimate of drug-likeness (QED) is 0.491. The minimum atomic E-state index is -0.478. The summed E-state index contributed by atoms with van der Waals surface area (Å²) in [6.07, 6.45) is 6.16. The summed E-state index contributed by atoms with van der Waals surface area (Å²) in [5.41, 5.74) is 1.50. The van der Waals surface area contributed by atoms with Gasteiger partial charge in [0, 0.05) is 11.8 Å². The zero-order chi connectivity index (χ0) is 14.0. The molecule has 1 atom stereocenters. The Bertz CT molecular complexity index is 590. The number of nitro groups is 1. The first kappa shape index (κ1) is 12.9. The Balaban J connectivity index is 2.42. The number of carbonyl (C=O) groups excluding carboxylic acids is 1. The van der Waals surface area contributed by atoms with Crippen LogP contribution in [-0.4, -0.2) is 16.9 Å². The second-order valence-corrected chi connectivity index (χ2v) is 4.28. The van der Waals surface area contributed by atoms with Crippen molar-refractivity contribution in [1.29, 1.82) is 0 Å². The highest BCUT2D eigenvalue weighted by atomic mass is 16.6. The van der Waals surface area contributed by atoms with Crippen LogP contribution in [0.15, 0.2) is 12.1 Å². The van der Waals surface area contributed by atoms with Crippen molar-refractivity contribution in [3.8, 4) is 12.3 Å². The van der Waals surface area contributed by atoms with E-state index in [2.05, 4.69) is 16.6 Å². The van der Waals surface area contributed by atoms with Gasteiger partial charge in [0.05, 0.1) is 17.4 Å². The molecular formula is C13H13N3O3. The fraction of sp³-hybridized carbons (Fsp3) is 0.308. The number of nitrogens with zero attached hydrogens (tertiary/aromatic N) is 1. The van der Waals surface area contributed by atoms with Crippen LogP contribution in [0.4, 0.5) is 17.1 Å². The summed E-state index contributed by atoms with van der Waals surface area (Å²) in [7, 11) is 0. The molecular weight excluding hydrogens is 246 g/mol. The van der Waals surface area contributed by atoms with Crippen LogP contribution in [-0.2, 0) is 11.2 Å². The molecule has 1 aromatic rings. The smallest absolute Gasteiger partial charge is 0.292 e. The summed E-state index contributed by atoms with van der Waals surface area (Å²) in [6.45, 7) is 1.89. The average molecular weight is 259 g/mol. The maximum absolute atomic E-state index is 11.3. The van der Waals surface area contributed by atoms with Crippen LogP contribution >= 0.6 is 0 Å². The maximum atomic E-state index is 11.3. The van der Waals surface area contributed by atoms with Gasteiger partial charge in [0.15, 0.2) is 0 Å². The summed E-state index contributed by atoms with van der Waals surface area (Å²) < 4.78 is 0. The second-order valence-electron chi connectivity index (χ2n) is 4.28. The third-order valence-corrected chi connectivity index (χ3v) is 2.98. The van der Waals surface area contributed by atoms with E-state index in [-0.39, 0.29) is 24.1 Å². The lowest BCUT2D eigenvalue weighted by Gasteiger charge is -2.13. The number of terminal acetylenes is 1. The Kier molecular flexibility index (Phi) is 3.38. The molecule has 0 fully saturated rings. The summed E-state index contributed by atoms with van der Waals surface area (Å²) in [5.74, 6) is 2.36. The zero-order valence-corrected chi connectivity index (χ0v) is 10.4. The lowest BCUT2D eigenvalue weighted by molar-refractivity contribution is -0.384. The van der Waals surface area contributed by atoms with Crippen LogP contribution in [0.3, 0.4) is 0 Å². The second kappa shape index (κ2) is 4.98. The van der Waals surface area contributed by atoms with Crippen LogP contribution in [0.2, 0.25) is 0 Å². The molecule has 0 aliphatic carbocycles. The molecule has 2 N–H and O–H groups in total. The zero-order valence-electron chi connectivity index (χ0n) is 10.4. The molecule has 1 unspecified atom stereocenters. The first-order valence-electron chi connectivity index (χ1n) is 5.89. The molecule has 0 radical (unpaired) electrons. The molecule has 0 saturated heterocycles. The van der Waals surface area contributed by atoms with E-state index in [0.717, 1.165) is 0 Å². The Morgan fingerprint density at radius 2 is 2.37 bits per heavy atom. The standard InChI is InChI=1S/C13H13N3O3/c1-3-9(4-2)14-11-7-10-8(6-13(17)15-10)5-12(11)16(18)19/h1,5,7,9,14H,4,6H2,2H3,(H,15,17). The van der Waals surface area contributed by atoms with Gasteiger partial charge in [-0.2, -0.15) is 0 Å². The van der Waals surface area contributed by atoms with Gasteiger partial charge in [0.1, 0.15) is 5.69 Å². The number of rotatable bonds is 4. The van der Waals surface area contributed by atoms with Crippen molar-refractivity contribution in [3.63, 3.8) is 0 Å². The normalized spacial score (nSPS) is 14.2. The molecule has 0 aromatic heterocycles. The number of fused-ring (bicyclic) bond motifs is 1. The average Bonchev–Trinajstić information content (AvgIpc) is 2.73. The molecule has 1 aromatic carbocycles. The molecule has 1 aliphatic heterocycles. The highest BCUT2D eigenvalue weighted by Gasteiger charge is 2.25. The van der Waals surface area contributed by atoms with Crippen LogP contribution in [0, 0.1) is 22.5 Å². The van der Waals surface area contributed by atoms with Crippen LogP contribution in [0.1, 0.15) is 18.9 Å². The summed E-state index contributed by atoms with van der Waals surface area (Å²) in [5, 5.41) is 16.7. The molecule has 2 rings (SSSR count). The predicted molar refractivity (Wildman–Crippen MR) is 72.0 cm³/mol. The number of nitro benzene ring substituents is 1. The van der Waals surface area contributed by atoms with Gasteiger partial charge in [0.25, 0.3) is 5.69 Å². The number of nitrogens with one attached hydrogen (secondary N) is 2. The lowest BCUT2D eigenvalue weighted by atomic mass is 10.1. The van der Waals surface area contributed by atoms with Gasteiger partial charge in [-0.3, -0.25) is 14.9 Å². The number of carbonyl (C=O) groups is 1. The topological polar surface area (TPSA) is 84.3 Å². The van der Waals surface area contributed by atoms with Crippen molar-refractivity contribution in [1.82, 2.24) is 0 Å². The summed E-state index contributed by atoms with van der Waals surface area (Å²) in [4.78, 5) is 21.9. The molecule has 0 bridgehead atoms. The minimum Gasteiger partial charge on any atom is -0.366 e. The number of anilines is 2. The predicted octanol–water partition coefficient (Wildman–Crippen LogP) is 1.91. The van der Waals surface area contributed by atoms with E-state index in [0.29, 0.717) is 23.4 Å².